The fraction of sp³-hybridized carbons (Fsp3) is 0.500. The number of hydrogen-bond donors (Lipinski definition) is 1. The van der Waals surface area contributed by atoms with E-state index < -0.39 is 11.7 Å². The summed E-state index contributed by atoms with van der Waals surface area (Å²) >= 11 is 0. The molecule has 0 heterocycles. The van der Waals surface area contributed by atoms with Gasteiger partial charge in [-0.2, -0.15) is 13.2 Å². The maximum atomic E-state index is 12.6. The third-order valence-electron chi connectivity index (χ3n) is 5.26. The highest BCUT2D eigenvalue weighted by Gasteiger charge is 2.29. The van der Waals surface area contributed by atoms with Gasteiger partial charge in [0.1, 0.15) is 0 Å². The largest absolute Gasteiger partial charge is 0.416 e. The molecule has 0 saturated heterocycles. The van der Waals surface area contributed by atoms with Gasteiger partial charge in [-0.1, -0.05) is 50.2 Å². The molecule has 1 N–H and O–H groups in total. The zero-order chi connectivity index (χ0) is 23.2. The molecule has 2 rings (SSSR count). The predicted octanol–water partition coefficient (Wildman–Crippen LogP) is 6.32. The molecule has 0 unspecified atom stereocenters. The zero-order valence-corrected chi connectivity index (χ0v) is 19.3. The summed E-state index contributed by atoms with van der Waals surface area (Å²) in [5, 5.41) is 3.51. The quantitative estimate of drug-likeness (QED) is 0.271. The minimum Gasteiger partial charge on any atom is -0.313 e. The van der Waals surface area contributed by atoms with Crippen LogP contribution in [0.2, 0.25) is 0 Å². The molecule has 0 atom stereocenters. The number of hydrogen-bond acceptors (Lipinski definition) is 3. The number of nitrogens with one attached hydrogen (secondary N) is 1. The van der Waals surface area contributed by atoms with Crippen LogP contribution in [0.3, 0.4) is 0 Å². The molecule has 0 bridgehead atoms. The lowest BCUT2D eigenvalue weighted by atomic mass is 10.1. The number of alkyl halides is 3. The molecule has 2 aromatic carbocycles. The highest BCUT2D eigenvalue weighted by atomic mass is 19.4. The summed E-state index contributed by atoms with van der Waals surface area (Å²) in [6.45, 7) is 10.4. The molecule has 32 heavy (non-hydrogen) atoms. The average Bonchev–Trinajstić information content (AvgIpc) is 2.77. The van der Waals surface area contributed by atoms with Gasteiger partial charge in [0, 0.05) is 12.8 Å². The van der Waals surface area contributed by atoms with Crippen molar-refractivity contribution < 1.29 is 13.2 Å². The SMILES string of the molecule is CCCN(CCC)CCCCNCc1ccc(CN=Cc2ccc(C(F)(F)F)cc2)cc1. The normalized spacial score (nSPS) is 12.2. The monoisotopic (exact) mass is 447 g/mol. The van der Waals surface area contributed by atoms with E-state index in [0.29, 0.717) is 12.1 Å². The first-order valence-electron chi connectivity index (χ1n) is 11.6. The minimum atomic E-state index is -4.31. The van der Waals surface area contributed by atoms with Gasteiger partial charge in [0.05, 0.1) is 12.1 Å². The summed E-state index contributed by atoms with van der Waals surface area (Å²) in [5.41, 5.74) is 2.32. The predicted molar refractivity (Wildman–Crippen MR) is 127 cm³/mol. The van der Waals surface area contributed by atoms with Crippen LogP contribution in [0.5, 0.6) is 0 Å². The Morgan fingerprint density at radius 1 is 0.844 bits per heavy atom. The fourth-order valence-corrected chi connectivity index (χ4v) is 3.56. The lowest BCUT2D eigenvalue weighted by Crippen LogP contribution is -2.27. The Balaban J connectivity index is 1.66. The average molecular weight is 448 g/mol. The molecule has 0 aliphatic heterocycles. The summed E-state index contributed by atoms with van der Waals surface area (Å²) in [7, 11) is 0. The lowest BCUT2D eigenvalue weighted by molar-refractivity contribution is -0.137. The van der Waals surface area contributed by atoms with Crippen LogP contribution in [0.25, 0.3) is 0 Å². The van der Waals surface area contributed by atoms with E-state index in [2.05, 4.69) is 53.3 Å². The Kier molecular flexibility index (Phi) is 11.5. The Morgan fingerprint density at radius 2 is 1.47 bits per heavy atom. The highest BCUT2D eigenvalue weighted by molar-refractivity contribution is 5.79. The molecule has 2 aromatic rings. The van der Waals surface area contributed by atoms with E-state index >= 15 is 0 Å². The van der Waals surface area contributed by atoms with E-state index in [1.165, 1.54) is 63.0 Å². The van der Waals surface area contributed by atoms with Crippen LogP contribution in [0.1, 0.15) is 61.8 Å². The van der Waals surface area contributed by atoms with Crippen molar-refractivity contribution in [3.05, 3.63) is 70.8 Å². The molecular weight excluding hydrogens is 411 g/mol. The van der Waals surface area contributed by atoms with E-state index in [-0.39, 0.29) is 0 Å². The Hall–Kier alpha value is -2.18. The topological polar surface area (TPSA) is 27.6 Å². The van der Waals surface area contributed by atoms with Crippen molar-refractivity contribution in [2.45, 2.75) is 58.8 Å². The number of halogens is 3. The van der Waals surface area contributed by atoms with Crippen LogP contribution in [0, 0.1) is 0 Å². The maximum Gasteiger partial charge on any atom is 0.416 e. The molecule has 0 saturated carbocycles. The van der Waals surface area contributed by atoms with E-state index in [0.717, 1.165) is 30.8 Å². The Bertz CT molecular complexity index is 777. The van der Waals surface area contributed by atoms with Gasteiger partial charge in [-0.3, -0.25) is 4.99 Å². The van der Waals surface area contributed by atoms with Gasteiger partial charge in [-0.15, -0.1) is 0 Å². The molecule has 6 heteroatoms. The van der Waals surface area contributed by atoms with Crippen molar-refractivity contribution in [1.82, 2.24) is 10.2 Å². The maximum absolute atomic E-state index is 12.6. The van der Waals surface area contributed by atoms with Crippen molar-refractivity contribution in [1.29, 1.82) is 0 Å². The number of benzene rings is 2. The number of aliphatic imine (C=N–C) groups is 1. The van der Waals surface area contributed by atoms with Crippen LogP contribution in [-0.2, 0) is 19.3 Å². The molecule has 0 spiro atoms. The number of unbranched alkanes of at least 4 members (excludes halogenated alkanes) is 1. The molecule has 0 aromatic heterocycles. The highest BCUT2D eigenvalue weighted by Crippen LogP contribution is 2.28. The van der Waals surface area contributed by atoms with Crippen LogP contribution >= 0.6 is 0 Å². The van der Waals surface area contributed by atoms with Crippen molar-refractivity contribution in [3.8, 4) is 0 Å². The fourth-order valence-electron chi connectivity index (χ4n) is 3.56. The van der Waals surface area contributed by atoms with E-state index in [1.807, 2.05) is 0 Å². The molecule has 0 radical (unpaired) electrons. The molecule has 176 valence electrons. The second kappa shape index (κ2) is 14.1. The molecule has 0 aliphatic carbocycles. The summed E-state index contributed by atoms with van der Waals surface area (Å²) < 4.78 is 37.8. The zero-order valence-electron chi connectivity index (χ0n) is 19.3. The molecule has 0 fully saturated rings. The number of rotatable bonds is 14. The Morgan fingerprint density at radius 3 is 2.06 bits per heavy atom. The molecule has 3 nitrogen and oxygen atoms in total. The van der Waals surface area contributed by atoms with Gasteiger partial charge in [0.15, 0.2) is 0 Å². The standard InChI is InChI=1S/C26H36F3N3/c1-3-16-32(17-4-2)18-6-5-15-30-19-22-7-9-23(10-8-22)20-31-21-24-11-13-25(14-12-24)26(27,28)29/h7-14,21,30H,3-6,15-20H2,1-2H3. The van der Waals surface area contributed by atoms with Gasteiger partial charge < -0.3 is 10.2 Å². The van der Waals surface area contributed by atoms with Crippen molar-refractivity contribution in [2.75, 3.05) is 26.2 Å². The van der Waals surface area contributed by atoms with E-state index in [4.69, 9.17) is 0 Å². The van der Waals surface area contributed by atoms with E-state index in [9.17, 15) is 13.2 Å². The van der Waals surface area contributed by atoms with Crippen molar-refractivity contribution >= 4 is 6.21 Å². The molecular formula is C26H36F3N3. The summed E-state index contributed by atoms with van der Waals surface area (Å²) in [4.78, 5) is 6.90. The van der Waals surface area contributed by atoms with Gasteiger partial charge in [-0.05, 0) is 80.7 Å². The second-order valence-corrected chi connectivity index (χ2v) is 8.13. The third kappa shape index (κ3) is 9.96. The second-order valence-electron chi connectivity index (χ2n) is 8.13. The lowest BCUT2D eigenvalue weighted by Gasteiger charge is -2.20. The van der Waals surface area contributed by atoms with Gasteiger partial charge >= 0.3 is 6.18 Å². The van der Waals surface area contributed by atoms with Gasteiger partial charge in [0.2, 0.25) is 0 Å². The first-order valence-corrected chi connectivity index (χ1v) is 11.6. The van der Waals surface area contributed by atoms with Crippen LogP contribution in [0.15, 0.2) is 53.5 Å². The molecule has 0 aliphatic rings. The first kappa shape index (κ1) is 26.1. The van der Waals surface area contributed by atoms with Crippen molar-refractivity contribution in [3.63, 3.8) is 0 Å². The summed E-state index contributed by atoms with van der Waals surface area (Å²) in [6.07, 6.45) is 2.14. The summed E-state index contributed by atoms with van der Waals surface area (Å²) in [6, 6.07) is 13.3. The molecule has 0 amide bonds. The van der Waals surface area contributed by atoms with Gasteiger partial charge in [0.25, 0.3) is 0 Å². The van der Waals surface area contributed by atoms with Crippen molar-refractivity contribution in [2.24, 2.45) is 4.99 Å². The summed E-state index contributed by atoms with van der Waals surface area (Å²) in [5.74, 6) is 0. The van der Waals surface area contributed by atoms with E-state index in [1.54, 1.807) is 6.21 Å². The van der Waals surface area contributed by atoms with Gasteiger partial charge in [-0.25, -0.2) is 0 Å². The van der Waals surface area contributed by atoms with Crippen LogP contribution < -0.4 is 5.32 Å². The number of nitrogens with zero attached hydrogens (tertiary/aromatic N) is 2. The smallest absolute Gasteiger partial charge is 0.313 e. The Labute approximate surface area is 190 Å². The van der Waals surface area contributed by atoms with Crippen LogP contribution in [0.4, 0.5) is 13.2 Å². The minimum absolute atomic E-state index is 0.501. The van der Waals surface area contributed by atoms with Crippen LogP contribution in [-0.4, -0.2) is 37.3 Å². The third-order valence-corrected chi connectivity index (χ3v) is 5.26. The first-order chi connectivity index (χ1) is 15.4.